The van der Waals surface area contributed by atoms with Crippen molar-refractivity contribution >= 4 is 5.95 Å². The maximum atomic E-state index is 12.7. The van der Waals surface area contributed by atoms with E-state index in [0.29, 0.717) is 6.54 Å². The van der Waals surface area contributed by atoms with Gasteiger partial charge in [0.25, 0.3) is 0 Å². The molecule has 0 bridgehead atoms. The summed E-state index contributed by atoms with van der Waals surface area (Å²) in [6.45, 7) is 4.21. The lowest BCUT2D eigenvalue weighted by Crippen LogP contribution is -2.46. The number of piperidine rings is 1. The van der Waals surface area contributed by atoms with Crippen LogP contribution in [0.4, 0.5) is 19.1 Å². The number of anilines is 1. The lowest BCUT2D eigenvalue weighted by Gasteiger charge is -2.34. The van der Waals surface area contributed by atoms with E-state index in [9.17, 15) is 13.2 Å². The van der Waals surface area contributed by atoms with Gasteiger partial charge in [0.15, 0.2) is 0 Å². The van der Waals surface area contributed by atoms with Crippen LogP contribution in [0.2, 0.25) is 0 Å². The summed E-state index contributed by atoms with van der Waals surface area (Å²) in [6, 6.07) is 1.05. The van der Waals surface area contributed by atoms with Crippen molar-refractivity contribution in [2.24, 2.45) is 0 Å². The predicted molar refractivity (Wildman–Crippen MR) is 65.9 cm³/mol. The first-order valence-electron chi connectivity index (χ1n) is 6.40. The summed E-state index contributed by atoms with van der Waals surface area (Å²) in [4.78, 5) is 9.47. The lowest BCUT2D eigenvalue weighted by atomic mass is 10.1. The number of nitrogens with one attached hydrogen (secondary N) is 1. The summed E-state index contributed by atoms with van der Waals surface area (Å²) in [7, 11) is 0. The van der Waals surface area contributed by atoms with Crippen molar-refractivity contribution in [3.8, 4) is 0 Å². The Morgan fingerprint density at radius 2 is 2.26 bits per heavy atom. The number of rotatable bonds is 3. The molecule has 0 radical (unpaired) electrons. The fourth-order valence-electron chi connectivity index (χ4n) is 2.31. The third-order valence-electron chi connectivity index (χ3n) is 3.24. The molecule has 0 spiro atoms. The van der Waals surface area contributed by atoms with Gasteiger partial charge in [0.1, 0.15) is 5.69 Å². The molecule has 1 aromatic rings. The minimum Gasteiger partial charge on any atom is -0.337 e. The molecule has 1 aliphatic rings. The van der Waals surface area contributed by atoms with Gasteiger partial charge in [0.2, 0.25) is 5.95 Å². The fraction of sp³-hybridized carbons (Fsp3) is 0.667. The van der Waals surface area contributed by atoms with E-state index in [2.05, 4.69) is 15.3 Å². The number of hydrogen-bond acceptors (Lipinski definition) is 4. The molecule has 2 heterocycles. The van der Waals surface area contributed by atoms with Gasteiger partial charge >= 0.3 is 6.18 Å². The van der Waals surface area contributed by atoms with Crippen molar-refractivity contribution < 1.29 is 13.2 Å². The smallest absolute Gasteiger partial charge is 0.337 e. The van der Waals surface area contributed by atoms with Crippen molar-refractivity contribution in [3.05, 3.63) is 18.0 Å². The summed E-state index contributed by atoms with van der Waals surface area (Å²) >= 11 is 0. The van der Waals surface area contributed by atoms with Gasteiger partial charge < -0.3 is 10.2 Å². The highest BCUT2D eigenvalue weighted by Gasteiger charge is 2.33. The standard InChI is InChI=1S/C12H17F3N4/c1-2-19(9-4-3-6-16-8-9)11-17-7-5-10(18-11)12(13,14)15/h5,7,9,16H,2-4,6,8H2,1H3. The number of halogens is 3. The van der Waals surface area contributed by atoms with E-state index in [-0.39, 0.29) is 12.0 Å². The molecule has 1 unspecified atom stereocenters. The molecule has 2 rings (SSSR count). The predicted octanol–water partition coefficient (Wildman–Crippen LogP) is 2.07. The maximum Gasteiger partial charge on any atom is 0.433 e. The zero-order chi connectivity index (χ0) is 13.9. The van der Waals surface area contributed by atoms with Crippen LogP contribution in [-0.4, -0.2) is 35.6 Å². The van der Waals surface area contributed by atoms with Gasteiger partial charge in [0, 0.05) is 25.3 Å². The maximum absolute atomic E-state index is 12.7. The molecule has 0 saturated carbocycles. The zero-order valence-electron chi connectivity index (χ0n) is 10.7. The molecule has 1 aromatic heterocycles. The van der Waals surface area contributed by atoms with Gasteiger partial charge in [-0.1, -0.05) is 0 Å². The third kappa shape index (κ3) is 3.34. The summed E-state index contributed by atoms with van der Waals surface area (Å²) in [6.07, 6.45) is -1.30. The first kappa shape index (κ1) is 14.0. The average Bonchev–Trinajstić information content (AvgIpc) is 2.40. The number of nitrogens with zero attached hydrogens (tertiary/aromatic N) is 3. The van der Waals surface area contributed by atoms with Crippen molar-refractivity contribution in [1.82, 2.24) is 15.3 Å². The number of alkyl halides is 3. The van der Waals surface area contributed by atoms with E-state index in [1.54, 1.807) is 0 Å². The Morgan fingerprint density at radius 3 is 2.84 bits per heavy atom. The highest BCUT2D eigenvalue weighted by molar-refractivity contribution is 5.33. The van der Waals surface area contributed by atoms with Gasteiger partial charge in [-0.05, 0) is 32.4 Å². The first-order chi connectivity index (χ1) is 9.02. The van der Waals surface area contributed by atoms with Crippen LogP contribution in [0.1, 0.15) is 25.5 Å². The Labute approximate surface area is 110 Å². The van der Waals surface area contributed by atoms with Gasteiger partial charge in [-0.2, -0.15) is 13.2 Å². The van der Waals surface area contributed by atoms with Crippen molar-refractivity contribution in [2.45, 2.75) is 32.0 Å². The normalized spacial score (nSPS) is 20.3. The second kappa shape index (κ2) is 5.73. The molecule has 0 aliphatic carbocycles. The van der Waals surface area contributed by atoms with Crippen molar-refractivity contribution in [2.75, 3.05) is 24.5 Å². The van der Waals surface area contributed by atoms with E-state index < -0.39 is 11.9 Å². The van der Waals surface area contributed by atoms with Crippen LogP contribution in [0.25, 0.3) is 0 Å². The SMILES string of the molecule is CCN(c1nccc(C(F)(F)F)n1)C1CCCNC1. The lowest BCUT2D eigenvalue weighted by molar-refractivity contribution is -0.141. The third-order valence-corrected chi connectivity index (χ3v) is 3.24. The molecule has 1 fully saturated rings. The van der Waals surface area contributed by atoms with Crippen molar-refractivity contribution in [3.63, 3.8) is 0 Å². The van der Waals surface area contributed by atoms with Gasteiger partial charge in [-0.15, -0.1) is 0 Å². The number of likely N-dealkylation sites (N-methyl/N-ethyl adjacent to an activating group) is 1. The molecule has 0 amide bonds. The first-order valence-corrected chi connectivity index (χ1v) is 6.40. The second-order valence-electron chi connectivity index (χ2n) is 4.53. The monoisotopic (exact) mass is 274 g/mol. The van der Waals surface area contributed by atoms with Gasteiger partial charge in [0.05, 0.1) is 0 Å². The topological polar surface area (TPSA) is 41.1 Å². The molecule has 1 N–H and O–H groups in total. The largest absolute Gasteiger partial charge is 0.433 e. The van der Waals surface area contributed by atoms with E-state index in [1.807, 2.05) is 11.8 Å². The Hall–Kier alpha value is -1.37. The Kier molecular flexibility index (Phi) is 4.24. The van der Waals surface area contributed by atoms with E-state index in [0.717, 1.165) is 32.0 Å². The molecular weight excluding hydrogens is 257 g/mol. The molecule has 4 nitrogen and oxygen atoms in total. The summed E-state index contributed by atoms with van der Waals surface area (Å²) in [5.74, 6) is 0.158. The molecular formula is C12H17F3N4. The van der Waals surface area contributed by atoms with Crippen molar-refractivity contribution in [1.29, 1.82) is 0 Å². The van der Waals surface area contributed by atoms with E-state index >= 15 is 0 Å². The Bertz CT molecular complexity index is 416. The summed E-state index contributed by atoms with van der Waals surface area (Å²) in [5.41, 5.74) is -0.889. The number of hydrogen-bond donors (Lipinski definition) is 1. The summed E-state index contributed by atoms with van der Waals surface area (Å²) < 4.78 is 38.0. The number of aromatic nitrogens is 2. The van der Waals surface area contributed by atoms with Crippen LogP contribution in [0.3, 0.4) is 0 Å². The molecule has 7 heteroatoms. The van der Waals surface area contributed by atoms with Crippen LogP contribution in [0.5, 0.6) is 0 Å². The molecule has 1 aliphatic heterocycles. The van der Waals surface area contributed by atoms with Crippen LogP contribution >= 0.6 is 0 Å². The highest BCUT2D eigenvalue weighted by atomic mass is 19.4. The summed E-state index contributed by atoms with van der Waals surface area (Å²) in [5, 5.41) is 3.24. The molecule has 106 valence electrons. The van der Waals surface area contributed by atoms with Crippen LogP contribution in [0, 0.1) is 0 Å². The van der Waals surface area contributed by atoms with E-state index in [1.165, 1.54) is 6.20 Å². The minimum atomic E-state index is -4.43. The van der Waals surface area contributed by atoms with Crippen LogP contribution in [0.15, 0.2) is 12.3 Å². The molecule has 19 heavy (non-hydrogen) atoms. The molecule has 1 atom stereocenters. The Balaban J connectivity index is 2.22. The van der Waals surface area contributed by atoms with Crippen LogP contribution < -0.4 is 10.2 Å². The quantitative estimate of drug-likeness (QED) is 0.916. The molecule has 0 aromatic carbocycles. The minimum absolute atomic E-state index is 0.155. The second-order valence-corrected chi connectivity index (χ2v) is 4.53. The van der Waals surface area contributed by atoms with Gasteiger partial charge in [-0.3, -0.25) is 0 Å². The highest BCUT2D eigenvalue weighted by Crippen LogP contribution is 2.28. The fourth-order valence-corrected chi connectivity index (χ4v) is 2.31. The van der Waals surface area contributed by atoms with E-state index in [4.69, 9.17) is 0 Å². The van der Waals surface area contributed by atoms with Gasteiger partial charge in [-0.25, -0.2) is 9.97 Å². The molecule has 1 saturated heterocycles. The Morgan fingerprint density at radius 1 is 1.47 bits per heavy atom. The van der Waals surface area contributed by atoms with Crippen LogP contribution in [-0.2, 0) is 6.18 Å². The zero-order valence-corrected chi connectivity index (χ0v) is 10.7. The average molecular weight is 274 g/mol.